The van der Waals surface area contributed by atoms with Crippen LogP contribution >= 0.6 is 11.3 Å². The molecular formula is C16H19F3N6OS. The molecule has 0 radical (unpaired) electrons. The summed E-state index contributed by atoms with van der Waals surface area (Å²) in [6.45, 7) is 5.51. The first-order valence-electron chi connectivity index (χ1n) is 8.68. The molecule has 4 heterocycles. The molecule has 0 aliphatic carbocycles. The molecule has 0 spiro atoms. The lowest BCUT2D eigenvalue weighted by Crippen LogP contribution is -2.47. The minimum atomic E-state index is -4.34. The summed E-state index contributed by atoms with van der Waals surface area (Å²) >= 11 is 0.692. The molecule has 0 bridgehead atoms. The third-order valence-electron chi connectivity index (χ3n) is 4.62. The van der Waals surface area contributed by atoms with E-state index in [1.807, 2.05) is 11.0 Å². The van der Waals surface area contributed by atoms with E-state index in [4.69, 9.17) is 4.74 Å². The Labute approximate surface area is 158 Å². The third kappa shape index (κ3) is 4.08. The van der Waals surface area contributed by atoms with E-state index in [0.717, 1.165) is 30.9 Å². The number of hydrogen-bond donors (Lipinski definition) is 0. The lowest BCUT2D eigenvalue weighted by atomic mass is 10.3. The highest BCUT2D eigenvalue weighted by Crippen LogP contribution is 2.36. The third-order valence-corrected chi connectivity index (χ3v) is 5.72. The molecule has 4 rings (SSSR count). The highest BCUT2D eigenvalue weighted by atomic mass is 32.1. The first-order chi connectivity index (χ1) is 13.0. The molecule has 0 N–H and O–H groups in total. The van der Waals surface area contributed by atoms with E-state index in [0.29, 0.717) is 55.9 Å². The zero-order chi connectivity index (χ0) is 18.9. The summed E-state index contributed by atoms with van der Waals surface area (Å²) in [7, 11) is 0. The summed E-state index contributed by atoms with van der Waals surface area (Å²) in [5.41, 5.74) is 0. The van der Waals surface area contributed by atoms with Gasteiger partial charge in [-0.05, 0) is 0 Å². The summed E-state index contributed by atoms with van der Waals surface area (Å²) in [5, 5.41) is 0.415. The standard InChI is InChI=1S/C16H19F3N6OS/c17-16(18,19)12-10-20-15(27-12)25-3-1-23(2-4-25)13-9-14(22-11-21-13)24-5-7-26-8-6-24/h9-11H,1-8H2. The number of ether oxygens (including phenoxy) is 1. The van der Waals surface area contributed by atoms with Gasteiger partial charge in [-0.3, -0.25) is 0 Å². The quantitative estimate of drug-likeness (QED) is 0.782. The number of thiazole rings is 1. The van der Waals surface area contributed by atoms with Crippen molar-refractivity contribution in [2.75, 3.05) is 67.2 Å². The van der Waals surface area contributed by atoms with Crippen molar-refractivity contribution in [3.05, 3.63) is 23.5 Å². The minimum Gasteiger partial charge on any atom is -0.378 e. The van der Waals surface area contributed by atoms with Crippen molar-refractivity contribution in [3.8, 4) is 0 Å². The van der Waals surface area contributed by atoms with E-state index >= 15 is 0 Å². The summed E-state index contributed by atoms with van der Waals surface area (Å²) < 4.78 is 43.7. The first-order valence-corrected chi connectivity index (χ1v) is 9.50. The van der Waals surface area contributed by atoms with Crippen LogP contribution < -0.4 is 14.7 Å². The zero-order valence-corrected chi connectivity index (χ0v) is 15.3. The fourth-order valence-electron chi connectivity index (χ4n) is 3.14. The number of anilines is 3. The van der Waals surface area contributed by atoms with Crippen molar-refractivity contribution in [2.45, 2.75) is 6.18 Å². The number of hydrogen-bond acceptors (Lipinski definition) is 8. The summed E-state index contributed by atoms with van der Waals surface area (Å²) in [5.74, 6) is 1.71. The molecular weight excluding hydrogens is 381 g/mol. The molecule has 0 aromatic carbocycles. The van der Waals surface area contributed by atoms with Gasteiger partial charge in [0.15, 0.2) is 5.13 Å². The molecule has 27 heavy (non-hydrogen) atoms. The monoisotopic (exact) mass is 400 g/mol. The molecule has 2 fully saturated rings. The van der Waals surface area contributed by atoms with Crippen molar-refractivity contribution in [2.24, 2.45) is 0 Å². The minimum absolute atomic E-state index is 0.415. The van der Waals surface area contributed by atoms with Crippen molar-refractivity contribution in [3.63, 3.8) is 0 Å². The van der Waals surface area contributed by atoms with Crippen LogP contribution in [0.1, 0.15) is 4.88 Å². The average molecular weight is 400 g/mol. The van der Waals surface area contributed by atoms with Gasteiger partial charge in [0.2, 0.25) is 0 Å². The Bertz CT molecular complexity index is 772. The maximum absolute atomic E-state index is 12.8. The van der Waals surface area contributed by atoms with Gasteiger partial charge >= 0.3 is 6.18 Å². The normalized spacial score (nSPS) is 18.9. The van der Waals surface area contributed by atoms with Crippen molar-refractivity contribution < 1.29 is 17.9 Å². The first kappa shape index (κ1) is 18.2. The Kier molecular flexibility index (Phi) is 5.04. The Balaban J connectivity index is 1.40. The number of alkyl halides is 3. The van der Waals surface area contributed by atoms with E-state index in [2.05, 4.69) is 24.8 Å². The predicted octanol–water partition coefficient (Wildman–Crippen LogP) is 2.12. The molecule has 0 unspecified atom stereocenters. The van der Waals surface area contributed by atoms with Gasteiger partial charge in [0.25, 0.3) is 0 Å². The number of rotatable bonds is 3. The van der Waals surface area contributed by atoms with E-state index in [1.165, 1.54) is 0 Å². The van der Waals surface area contributed by atoms with Crippen LogP contribution in [-0.4, -0.2) is 67.4 Å². The van der Waals surface area contributed by atoms with E-state index in [-0.39, 0.29) is 0 Å². The van der Waals surface area contributed by atoms with Crippen LogP contribution in [0.3, 0.4) is 0 Å². The fourth-order valence-corrected chi connectivity index (χ4v) is 3.98. The Morgan fingerprint density at radius 3 is 2.04 bits per heavy atom. The maximum atomic E-state index is 12.8. The predicted molar refractivity (Wildman–Crippen MR) is 96.6 cm³/mol. The van der Waals surface area contributed by atoms with Crippen LogP contribution in [0.5, 0.6) is 0 Å². The highest BCUT2D eigenvalue weighted by molar-refractivity contribution is 7.15. The topological polar surface area (TPSA) is 57.6 Å². The van der Waals surface area contributed by atoms with Crippen LogP contribution in [0.15, 0.2) is 18.6 Å². The zero-order valence-electron chi connectivity index (χ0n) is 14.5. The Morgan fingerprint density at radius 1 is 0.852 bits per heavy atom. The molecule has 2 saturated heterocycles. The van der Waals surface area contributed by atoms with Crippen molar-refractivity contribution >= 4 is 28.1 Å². The maximum Gasteiger partial charge on any atom is 0.427 e. The number of nitrogens with zero attached hydrogens (tertiary/aromatic N) is 6. The second kappa shape index (κ2) is 7.47. The van der Waals surface area contributed by atoms with Gasteiger partial charge in [-0.1, -0.05) is 11.3 Å². The molecule has 2 aromatic rings. The molecule has 0 amide bonds. The van der Waals surface area contributed by atoms with E-state index in [1.54, 1.807) is 6.33 Å². The Morgan fingerprint density at radius 2 is 1.44 bits per heavy atom. The van der Waals surface area contributed by atoms with Crippen LogP contribution in [-0.2, 0) is 10.9 Å². The Hall–Kier alpha value is -2.14. The van der Waals surface area contributed by atoms with Gasteiger partial charge in [-0.2, -0.15) is 13.2 Å². The van der Waals surface area contributed by atoms with E-state index in [9.17, 15) is 13.2 Å². The number of halogens is 3. The highest BCUT2D eigenvalue weighted by Gasteiger charge is 2.34. The SMILES string of the molecule is FC(F)(F)c1cnc(N2CCN(c3cc(N4CCOCC4)ncn3)CC2)s1. The lowest BCUT2D eigenvalue weighted by Gasteiger charge is -2.35. The molecule has 2 aromatic heterocycles. The van der Waals surface area contributed by atoms with Crippen LogP contribution in [0.25, 0.3) is 0 Å². The van der Waals surface area contributed by atoms with Crippen molar-refractivity contribution in [1.82, 2.24) is 15.0 Å². The second-order valence-electron chi connectivity index (χ2n) is 6.31. The fraction of sp³-hybridized carbons (Fsp3) is 0.562. The molecule has 2 aliphatic heterocycles. The van der Waals surface area contributed by atoms with Gasteiger partial charge < -0.3 is 19.4 Å². The molecule has 146 valence electrons. The van der Waals surface area contributed by atoms with E-state index < -0.39 is 11.1 Å². The molecule has 7 nitrogen and oxygen atoms in total. The van der Waals surface area contributed by atoms with Crippen LogP contribution in [0.4, 0.5) is 29.9 Å². The summed E-state index contributed by atoms with van der Waals surface area (Å²) in [6.07, 6.45) is -1.87. The van der Waals surface area contributed by atoms with Crippen LogP contribution in [0.2, 0.25) is 0 Å². The summed E-state index contributed by atoms with van der Waals surface area (Å²) in [4.78, 5) is 18.2. The average Bonchev–Trinajstić information content (AvgIpc) is 3.20. The number of piperazine rings is 1. The van der Waals surface area contributed by atoms with Crippen molar-refractivity contribution in [1.29, 1.82) is 0 Å². The molecule has 11 heteroatoms. The number of morpholine rings is 1. The smallest absolute Gasteiger partial charge is 0.378 e. The van der Waals surface area contributed by atoms with Gasteiger partial charge in [0.05, 0.1) is 19.4 Å². The number of aromatic nitrogens is 3. The van der Waals surface area contributed by atoms with Crippen LogP contribution in [0, 0.1) is 0 Å². The van der Waals surface area contributed by atoms with Gasteiger partial charge in [-0.25, -0.2) is 15.0 Å². The lowest BCUT2D eigenvalue weighted by molar-refractivity contribution is -0.134. The van der Waals surface area contributed by atoms with Gasteiger partial charge in [0.1, 0.15) is 22.8 Å². The van der Waals surface area contributed by atoms with Gasteiger partial charge in [-0.15, -0.1) is 0 Å². The molecule has 2 aliphatic rings. The largest absolute Gasteiger partial charge is 0.427 e. The second-order valence-corrected chi connectivity index (χ2v) is 7.32. The van der Waals surface area contributed by atoms with Gasteiger partial charge in [0, 0.05) is 45.3 Å². The molecule has 0 atom stereocenters. The molecule has 0 saturated carbocycles. The summed E-state index contributed by atoms with van der Waals surface area (Å²) in [6, 6.07) is 1.96.